The fourth-order valence-electron chi connectivity index (χ4n) is 3.49. The lowest BCUT2D eigenvalue weighted by molar-refractivity contribution is 0.182. The molecule has 1 N–H and O–H groups in total. The van der Waals surface area contributed by atoms with Crippen molar-refractivity contribution < 1.29 is 4.74 Å². The summed E-state index contributed by atoms with van der Waals surface area (Å²) in [6, 6.07) is 33.3. The second kappa shape index (κ2) is 9.18. The third kappa shape index (κ3) is 4.53. The minimum atomic E-state index is 0.449. The van der Waals surface area contributed by atoms with Gasteiger partial charge in [0.2, 0.25) is 0 Å². The van der Waals surface area contributed by atoms with Crippen LogP contribution < -0.4 is 5.32 Å². The summed E-state index contributed by atoms with van der Waals surface area (Å²) in [5.41, 5.74) is 6.71. The van der Waals surface area contributed by atoms with Crippen LogP contribution in [0, 0.1) is 0 Å². The molecule has 4 aromatic rings. The lowest BCUT2D eigenvalue weighted by atomic mass is 9.93. The summed E-state index contributed by atoms with van der Waals surface area (Å²) in [6.07, 6.45) is 0. The van der Waals surface area contributed by atoms with Crippen molar-refractivity contribution in [3.8, 4) is 22.3 Å². The Morgan fingerprint density at radius 2 is 1.34 bits per heavy atom. The van der Waals surface area contributed by atoms with Gasteiger partial charge in [0.25, 0.3) is 0 Å². The van der Waals surface area contributed by atoms with Gasteiger partial charge in [0.15, 0.2) is 0 Å². The molecule has 0 saturated carbocycles. The van der Waals surface area contributed by atoms with E-state index in [1.165, 1.54) is 5.56 Å². The fraction of sp³-hybridized carbons (Fsp3) is 0.115. The Bertz CT molecular complexity index is 1050. The standard InChI is InChI=1S/C26H24N2O/c1-29-19-24-26(22-15-9-4-10-16-22)23(21-13-7-3-8-14-21)17-25(28-24)27-18-20-11-5-2-6-12-20/h2-17H,18-19H2,1H3,(H,27,28). The highest BCUT2D eigenvalue weighted by Gasteiger charge is 2.16. The Hall–Kier alpha value is -3.43. The lowest BCUT2D eigenvalue weighted by Crippen LogP contribution is -2.06. The molecule has 0 radical (unpaired) electrons. The SMILES string of the molecule is COCc1nc(NCc2ccccc2)cc(-c2ccccc2)c1-c1ccccc1. The van der Waals surface area contributed by atoms with Crippen molar-refractivity contribution >= 4 is 5.82 Å². The van der Waals surface area contributed by atoms with Crippen molar-refractivity contribution in [3.63, 3.8) is 0 Å². The molecule has 0 amide bonds. The number of benzene rings is 3. The van der Waals surface area contributed by atoms with Gasteiger partial charge in [-0.2, -0.15) is 0 Å². The van der Waals surface area contributed by atoms with E-state index in [0.717, 1.165) is 40.3 Å². The molecule has 4 rings (SSSR count). The summed E-state index contributed by atoms with van der Waals surface area (Å²) in [5.74, 6) is 0.847. The number of nitrogens with zero attached hydrogens (tertiary/aromatic N) is 1. The first-order valence-electron chi connectivity index (χ1n) is 9.76. The third-order valence-corrected chi connectivity index (χ3v) is 4.84. The summed E-state index contributed by atoms with van der Waals surface area (Å²) in [4.78, 5) is 4.90. The summed E-state index contributed by atoms with van der Waals surface area (Å²) in [7, 11) is 1.71. The predicted octanol–water partition coefficient (Wildman–Crippen LogP) is 6.17. The number of aromatic nitrogens is 1. The van der Waals surface area contributed by atoms with Gasteiger partial charge in [-0.3, -0.25) is 0 Å². The van der Waals surface area contributed by atoms with E-state index in [1.54, 1.807) is 7.11 Å². The van der Waals surface area contributed by atoms with Crippen molar-refractivity contribution in [2.45, 2.75) is 13.2 Å². The molecule has 0 saturated heterocycles. The van der Waals surface area contributed by atoms with Crippen LogP contribution in [0.15, 0.2) is 97.1 Å². The molecule has 0 bridgehead atoms. The molecule has 0 aliphatic rings. The molecule has 3 aromatic carbocycles. The molecule has 1 heterocycles. The molecule has 0 aliphatic carbocycles. The van der Waals surface area contributed by atoms with Gasteiger partial charge in [-0.15, -0.1) is 0 Å². The van der Waals surface area contributed by atoms with Gasteiger partial charge in [-0.05, 0) is 28.3 Å². The van der Waals surface area contributed by atoms with Crippen LogP contribution >= 0.6 is 0 Å². The van der Waals surface area contributed by atoms with E-state index in [4.69, 9.17) is 9.72 Å². The molecule has 0 spiro atoms. The molecule has 1 aromatic heterocycles. The number of anilines is 1. The van der Waals surface area contributed by atoms with Crippen molar-refractivity contribution in [1.82, 2.24) is 4.98 Å². The van der Waals surface area contributed by atoms with Crippen LogP contribution in [-0.4, -0.2) is 12.1 Å². The molecule has 3 heteroatoms. The number of hydrogen-bond donors (Lipinski definition) is 1. The van der Waals surface area contributed by atoms with Crippen LogP contribution in [0.1, 0.15) is 11.3 Å². The van der Waals surface area contributed by atoms with Gasteiger partial charge in [0.05, 0.1) is 12.3 Å². The number of ether oxygens (including phenoxy) is 1. The number of hydrogen-bond acceptors (Lipinski definition) is 3. The summed E-state index contributed by atoms with van der Waals surface area (Å²) >= 11 is 0. The maximum Gasteiger partial charge on any atom is 0.127 e. The number of pyridine rings is 1. The van der Waals surface area contributed by atoms with Gasteiger partial charge in [0.1, 0.15) is 5.82 Å². The van der Waals surface area contributed by atoms with Crippen LogP contribution in [0.3, 0.4) is 0 Å². The molecule has 3 nitrogen and oxygen atoms in total. The molecule has 29 heavy (non-hydrogen) atoms. The average Bonchev–Trinajstić information content (AvgIpc) is 2.79. The van der Waals surface area contributed by atoms with Gasteiger partial charge in [-0.1, -0.05) is 91.0 Å². The highest BCUT2D eigenvalue weighted by Crippen LogP contribution is 2.36. The van der Waals surface area contributed by atoms with E-state index in [1.807, 2.05) is 18.2 Å². The second-order valence-corrected chi connectivity index (χ2v) is 6.88. The summed E-state index contributed by atoms with van der Waals surface area (Å²) in [5, 5.41) is 3.48. The zero-order chi connectivity index (χ0) is 19.9. The first-order valence-corrected chi connectivity index (χ1v) is 9.76. The van der Waals surface area contributed by atoms with Crippen molar-refractivity contribution in [3.05, 3.63) is 108 Å². The molecule has 0 fully saturated rings. The van der Waals surface area contributed by atoms with Crippen LogP contribution in [0.2, 0.25) is 0 Å². The van der Waals surface area contributed by atoms with E-state index < -0.39 is 0 Å². The molecule has 0 atom stereocenters. The lowest BCUT2D eigenvalue weighted by Gasteiger charge is -2.18. The van der Waals surface area contributed by atoms with Gasteiger partial charge in [0, 0.05) is 19.2 Å². The van der Waals surface area contributed by atoms with Crippen molar-refractivity contribution in [2.75, 3.05) is 12.4 Å². The van der Waals surface area contributed by atoms with E-state index in [0.29, 0.717) is 6.61 Å². The van der Waals surface area contributed by atoms with Crippen LogP contribution in [0.25, 0.3) is 22.3 Å². The normalized spacial score (nSPS) is 10.7. The molecule has 0 unspecified atom stereocenters. The van der Waals surface area contributed by atoms with Crippen LogP contribution in [0.4, 0.5) is 5.82 Å². The maximum atomic E-state index is 5.51. The molecule has 144 valence electrons. The van der Waals surface area contributed by atoms with E-state index in [2.05, 4.69) is 84.2 Å². The van der Waals surface area contributed by atoms with Gasteiger partial charge < -0.3 is 10.1 Å². The zero-order valence-corrected chi connectivity index (χ0v) is 16.5. The number of rotatable bonds is 7. The van der Waals surface area contributed by atoms with E-state index in [-0.39, 0.29) is 0 Å². The molecular weight excluding hydrogens is 356 g/mol. The Balaban J connectivity index is 1.81. The minimum Gasteiger partial charge on any atom is -0.378 e. The number of nitrogens with one attached hydrogen (secondary N) is 1. The third-order valence-electron chi connectivity index (χ3n) is 4.84. The fourth-order valence-corrected chi connectivity index (χ4v) is 3.49. The van der Waals surface area contributed by atoms with Crippen molar-refractivity contribution in [2.24, 2.45) is 0 Å². The van der Waals surface area contributed by atoms with Gasteiger partial charge >= 0.3 is 0 Å². The quantitative estimate of drug-likeness (QED) is 0.416. The first kappa shape index (κ1) is 18.9. The topological polar surface area (TPSA) is 34.1 Å². The smallest absolute Gasteiger partial charge is 0.127 e. The second-order valence-electron chi connectivity index (χ2n) is 6.88. The average molecular weight is 380 g/mol. The van der Waals surface area contributed by atoms with Gasteiger partial charge in [-0.25, -0.2) is 4.98 Å². The first-order chi connectivity index (χ1) is 14.3. The largest absolute Gasteiger partial charge is 0.378 e. The van der Waals surface area contributed by atoms with E-state index in [9.17, 15) is 0 Å². The van der Waals surface area contributed by atoms with E-state index >= 15 is 0 Å². The number of methoxy groups -OCH3 is 1. The monoisotopic (exact) mass is 380 g/mol. The summed E-state index contributed by atoms with van der Waals surface area (Å²) in [6.45, 7) is 1.17. The highest BCUT2D eigenvalue weighted by atomic mass is 16.5. The summed E-state index contributed by atoms with van der Waals surface area (Å²) < 4.78 is 5.51. The van der Waals surface area contributed by atoms with Crippen LogP contribution in [0.5, 0.6) is 0 Å². The maximum absolute atomic E-state index is 5.51. The Morgan fingerprint density at radius 3 is 1.97 bits per heavy atom. The Labute approximate surface area is 172 Å². The minimum absolute atomic E-state index is 0.449. The van der Waals surface area contributed by atoms with Crippen LogP contribution in [-0.2, 0) is 17.9 Å². The molecule has 0 aliphatic heterocycles. The zero-order valence-electron chi connectivity index (χ0n) is 16.5. The van der Waals surface area contributed by atoms with Crippen molar-refractivity contribution in [1.29, 1.82) is 0 Å². The molecular formula is C26H24N2O. The Morgan fingerprint density at radius 1 is 0.759 bits per heavy atom. The Kier molecular flexibility index (Phi) is 5.98. The highest BCUT2D eigenvalue weighted by molar-refractivity contribution is 5.86. The predicted molar refractivity (Wildman–Crippen MR) is 120 cm³/mol.